The summed E-state index contributed by atoms with van der Waals surface area (Å²) in [6.45, 7) is 22.6. The van der Waals surface area contributed by atoms with E-state index in [9.17, 15) is 0 Å². The number of hydrogen-bond acceptors (Lipinski definition) is 0. The number of benzene rings is 2. The predicted molar refractivity (Wildman–Crippen MR) is 150 cm³/mol. The van der Waals surface area contributed by atoms with E-state index in [0.29, 0.717) is 0 Å². The van der Waals surface area contributed by atoms with Gasteiger partial charge in [-0.05, 0) is 13.8 Å². The Morgan fingerprint density at radius 2 is 0.969 bits per heavy atom. The van der Waals surface area contributed by atoms with Gasteiger partial charge in [0, 0.05) is 0 Å². The summed E-state index contributed by atoms with van der Waals surface area (Å²) in [6, 6.07) is 21.8. The van der Waals surface area contributed by atoms with Gasteiger partial charge in [0.15, 0.2) is 0 Å². The van der Waals surface area contributed by atoms with Gasteiger partial charge in [0.05, 0.1) is 0 Å². The van der Waals surface area contributed by atoms with Gasteiger partial charge in [-0.1, -0.05) is 51.0 Å². The third kappa shape index (κ3) is 12.5. The van der Waals surface area contributed by atoms with Crippen molar-refractivity contribution in [1.29, 1.82) is 0 Å². The van der Waals surface area contributed by atoms with Crippen LogP contribution < -0.4 is 0 Å². The monoisotopic (exact) mass is 562 g/mol. The normalized spacial score (nSPS) is 8.59. The summed E-state index contributed by atoms with van der Waals surface area (Å²) in [6.07, 6.45) is 2.00. The SMILES string of the molecule is Cc1cc2c(C)cccc2[cH-]1.Cc1cc2c(C)cccc2[cH-]1.Cl.Cl.[CH2-]CC.[CH2-]CC.[Si]=[Zr]. The first kappa shape index (κ1) is 35.9. The Kier molecular flexibility index (Phi) is 23.5. The van der Waals surface area contributed by atoms with Crippen molar-refractivity contribution in [3.8, 4) is 0 Å². The van der Waals surface area contributed by atoms with Crippen molar-refractivity contribution in [2.75, 3.05) is 0 Å². The molecule has 0 bridgehead atoms. The maximum atomic E-state index is 3.49. The second-order valence-corrected chi connectivity index (χ2v) is 7.22. The first-order valence-corrected chi connectivity index (χ1v) is 14.6. The molecule has 0 heterocycles. The Balaban J connectivity index is -0.000000381. The first-order valence-electron chi connectivity index (χ1n) is 10.5. The fourth-order valence-corrected chi connectivity index (χ4v) is 3.08. The molecule has 0 fully saturated rings. The Labute approximate surface area is 226 Å². The maximum absolute atomic E-state index is 3.49. The molecule has 4 aromatic rings. The number of fused-ring (bicyclic) bond motifs is 2. The Morgan fingerprint density at radius 1 is 0.688 bits per heavy atom. The molecule has 0 amide bonds. The van der Waals surface area contributed by atoms with Gasteiger partial charge in [0.2, 0.25) is 0 Å². The summed E-state index contributed by atoms with van der Waals surface area (Å²) >= 11 is 1.36. The Bertz CT molecular complexity index is 906. The molecule has 4 heteroatoms. The second kappa shape index (κ2) is 20.9. The van der Waals surface area contributed by atoms with Gasteiger partial charge >= 0.3 is 30.2 Å². The minimum atomic E-state index is 0. The van der Waals surface area contributed by atoms with E-state index in [1.54, 1.807) is 0 Å². The zero-order valence-corrected chi connectivity index (χ0v) is 25.5. The zero-order valence-electron chi connectivity index (χ0n) is 20.4. The summed E-state index contributed by atoms with van der Waals surface area (Å²) in [5.74, 6) is 0. The van der Waals surface area contributed by atoms with E-state index < -0.39 is 0 Å². The van der Waals surface area contributed by atoms with Crippen LogP contribution in [-0.2, 0) is 23.3 Å². The third-order valence-electron chi connectivity index (χ3n) is 4.23. The molecule has 0 aliphatic heterocycles. The van der Waals surface area contributed by atoms with Gasteiger partial charge < -0.3 is 13.8 Å². The van der Waals surface area contributed by atoms with Crippen molar-refractivity contribution in [2.24, 2.45) is 0 Å². The average Bonchev–Trinajstić information content (AvgIpc) is 3.28. The van der Waals surface area contributed by atoms with Gasteiger partial charge in [-0.2, -0.15) is 25.0 Å². The molecule has 0 aromatic heterocycles. The standard InChI is InChI=1S/2C11H11.2C3H7.2ClH.Si.Zr/c2*1-8-6-10-5-3-4-9(2)11(10)7-8;2*1-3-2;;;;/h2*3-7H,1-2H3;2*1,3H2,2H3;2*1H;;/q4*-1;;;;. The fourth-order valence-electron chi connectivity index (χ4n) is 3.08. The van der Waals surface area contributed by atoms with Gasteiger partial charge in [0.25, 0.3) is 0 Å². The molecule has 32 heavy (non-hydrogen) atoms. The van der Waals surface area contributed by atoms with Crippen LogP contribution in [0, 0.1) is 41.5 Å². The number of aryl methyl sites for hydroxylation is 4. The third-order valence-corrected chi connectivity index (χ3v) is 4.23. The molecule has 4 rings (SSSR count). The predicted octanol–water partition coefficient (Wildman–Crippen LogP) is 9.27. The topological polar surface area (TPSA) is 0 Å². The number of rotatable bonds is 0. The molecule has 0 aliphatic carbocycles. The average molecular weight is 565 g/mol. The summed E-state index contributed by atoms with van der Waals surface area (Å²) in [4.78, 5) is 0. The molecule has 0 nitrogen and oxygen atoms in total. The molecule has 176 valence electrons. The number of halogens is 2. The quantitative estimate of drug-likeness (QED) is 0.147. The summed E-state index contributed by atoms with van der Waals surface area (Å²) in [5.41, 5.74) is 5.45. The number of hydrogen-bond donors (Lipinski definition) is 0. The Morgan fingerprint density at radius 3 is 1.22 bits per heavy atom. The minimum absolute atomic E-state index is 0. The molecule has 0 atom stereocenters. The van der Waals surface area contributed by atoms with Crippen molar-refractivity contribution in [1.82, 2.24) is 0 Å². The van der Waals surface area contributed by atoms with Crippen LogP contribution in [-0.4, -0.2) is 6.88 Å². The molecule has 0 N–H and O–H groups in total. The van der Waals surface area contributed by atoms with Crippen molar-refractivity contribution in [2.45, 2.75) is 54.4 Å². The zero-order chi connectivity index (χ0) is 23.1. The van der Waals surface area contributed by atoms with Gasteiger partial charge in [-0.3, -0.25) is 0 Å². The molecule has 0 unspecified atom stereocenters. The van der Waals surface area contributed by atoms with E-state index in [4.69, 9.17) is 0 Å². The molecule has 0 spiro atoms. The van der Waals surface area contributed by atoms with E-state index in [2.05, 4.69) is 109 Å². The van der Waals surface area contributed by atoms with Crippen molar-refractivity contribution >= 4 is 53.2 Å². The van der Waals surface area contributed by atoms with Gasteiger partial charge in [0.1, 0.15) is 0 Å². The molecule has 0 saturated carbocycles. The van der Waals surface area contributed by atoms with Crippen molar-refractivity contribution in [3.63, 3.8) is 0 Å². The van der Waals surface area contributed by atoms with Gasteiger partial charge in [-0.25, -0.2) is 0 Å². The van der Waals surface area contributed by atoms with Crippen LogP contribution in [0.15, 0.2) is 60.7 Å². The van der Waals surface area contributed by atoms with Crippen molar-refractivity contribution < 1.29 is 23.3 Å². The molecular weight excluding hydrogens is 527 g/mol. The van der Waals surface area contributed by atoms with E-state index in [1.165, 1.54) is 67.1 Å². The molecule has 2 radical (unpaired) electrons. The second-order valence-electron chi connectivity index (χ2n) is 7.22. The van der Waals surface area contributed by atoms with Crippen LogP contribution in [0.25, 0.3) is 21.5 Å². The first-order chi connectivity index (χ1) is 14.4. The van der Waals surface area contributed by atoms with Gasteiger partial charge in [-0.15, -0.1) is 93.9 Å². The molecule has 4 aromatic carbocycles. The van der Waals surface area contributed by atoms with Crippen LogP contribution in [0.1, 0.15) is 48.9 Å². The van der Waals surface area contributed by atoms with Crippen LogP contribution in [0.2, 0.25) is 0 Å². The molecule has 0 saturated heterocycles. The van der Waals surface area contributed by atoms with E-state index in [0.717, 1.165) is 12.8 Å². The summed E-state index contributed by atoms with van der Waals surface area (Å²) in [5, 5.41) is 5.51. The van der Waals surface area contributed by atoms with Crippen LogP contribution >= 0.6 is 24.8 Å². The van der Waals surface area contributed by atoms with E-state index >= 15 is 0 Å². The summed E-state index contributed by atoms with van der Waals surface area (Å²) < 4.78 is 0. The van der Waals surface area contributed by atoms with Crippen LogP contribution in [0.3, 0.4) is 0 Å². The fraction of sp³-hybridized carbons (Fsp3) is 0.286. The molecular formula is C28H38Cl2SiZr-4. The molecule has 0 aliphatic rings. The van der Waals surface area contributed by atoms with E-state index in [-0.39, 0.29) is 24.8 Å². The Hall–Kier alpha value is -0.660. The van der Waals surface area contributed by atoms with Crippen LogP contribution in [0.5, 0.6) is 0 Å². The van der Waals surface area contributed by atoms with E-state index in [1.807, 2.05) is 13.8 Å². The van der Waals surface area contributed by atoms with Crippen LogP contribution in [0.4, 0.5) is 0 Å². The van der Waals surface area contributed by atoms with Crippen molar-refractivity contribution in [3.05, 3.63) is 96.8 Å². The summed E-state index contributed by atoms with van der Waals surface area (Å²) in [7, 11) is 0.